The van der Waals surface area contributed by atoms with Crippen molar-refractivity contribution in [3.63, 3.8) is 0 Å². The number of fused-ring (bicyclic) bond motifs is 9. The second-order valence-corrected chi connectivity index (χ2v) is 15.6. The van der Waals surface area contributed by atoms with Crippen LogP contribution in [0.5, 0.6) is 0 Å². The minimum absolute atomic E-state index is 0.121. The minimum atomic E-state index is -0.443. The highest BCUT2D eigenvalue weighted by molar-refractivity contribution is 6.16. The number of para-hydroxylation sites is 3. The van der Waals surface area contributed by atoms with Crippen LogP contribution in [-0.2, 0) is 0 Å². The molecule has 0 atom stereocenters. The first-order valence-corrected chi connectivity index (χ1v) is 20.8. The summed E-state index contributed by atoms with van der Waals surface area (Å²) >= 11 is 0. The summed E-state index contributed by atoms with van der Waals surface area (Å²) in [4.78, 5) is 15.9. The highest BCUT2D eigenvalue weighted by atomic mass is 16.3. The van der Waals surface area contributed by atoms with Gasteiger partial charge in [-0.15, -0.1) is 0 Å². The molecule has 0 aliphatic carbocycles. The predicted octanol–water partition coefficient (Wildman–Crippen LogP) is 14.6. The number of furan rings is 1. The van der Waals surface area contributed by atoms with Gasteiger partial charge in [-0.3, -0.25) is 4.57 Å². The lowest BCUT2D eigenvalue weighted by molar-refractivity contribution is 0.669. The lowest BCUT2D eigenvalue weighted by Crippen LogP contribution is -2.07. The topological polar surface area (TPSA) is 61.7 Å². The van der Waals surface area contributed by atoms with Crippen molar-refractivity contribution in [3.05, 3.63) is 212 Å². The number of rotatable bonds is 6. The third-order valence-corrected chi connectivity index (χ3v) is 12.1. The summed E-state index contributed by atoms with van der Waals surface area (Å²) in [7, 11) is 0. The smallest absolute Gasteiger partial charge is 0.238 e. The van der Waals surface area contributed by atoms with Crippen molar-refractivity contribution < 1.29 is 11.3 Å². The highest BCUT2D eigenvalue weighted by Gasteiger charge is 2.24. The SMILES string of the molecule is [2H]c1c([2H])c([2H])c(-c2cccc3c2c2ccccc2n3-c2nc(-c3ccccc3)nc(-c3cc(-n4c5ccccc5c5ccccc54)cc4c3oc3ccc(-c5ccccc5)cc34)n2)c([2H])c1[2H]. The molecule has 0 unspecified atom stereocenters. The first-order chi connectivity index (χ1) is 33.3. The number of hydrogen-bond acceptors (Lipinski definition) is 4. The van der Waals surface area contributed by atoms with E-state index in [1.807, 2.05) is 102 Å². The van der Waals surface area contributed by atoms with E-state index >= 15 is 0 Å². The van der Waals surface area contributed by atoms with Gasteiger partial charge >= 0.3 is 0 Å². The summed E-state index contributed by atoms with van der Waals surface area (Å²) in [5, 5.41) is 5.62. The number of nitrogens with zero attached hydrogens (tertiary/aromatic N) is 5. The molecule has 0 bridgehead atoms. The van der Waals surface area contributed by atoms with Gasteiger partial charge in [-0.05, 0) is 70.8 Å². The standard InChI is InChI=1S/C57H35N5O/c1-4-17-36(18-5-1)39-31-32-52-45(33-39)46-34-40(61-48-27-13-10-23-42(48)43-24-11-14-28-49(43)61)35-47(54(46)63-52)56-58-55(38-21-8-3-9-22-38)59-57(60-56)62-50-29-15-12-25-44(50)53-41(26-16-30-51(53)62)37-19-6-2-7-20-37/h1-35H/i2D,6D,7D,19D,20D. The van der Waals surface area contributed by atoms with Crippen LogP contribution < -0.4 is 0 Å². The van der Waals surface area contributed by atoms with Gasteiger partial charge in [-0.2, -0.15) is 9.97 Å². The lowest BCUT2D eigenvalue weighted by Gasteiger charge is -2.13. The van der Waals surface area contributed by atoms with Crippen molar-refractivity contribution in [1.29, 1.82) is 0 Å². The molecular weight excluding hydrogens is 771 g/mol. The molecule has 294 valence electrons. The first kappa shape index (κ1) is 30.4. The summed E-state index contributed by atoms with van der Waals surface area (Å²) in [6.45, 7) is 0. The number of hydrogen-bond donors (Lipinski definition) is 0. The summed E-state index contributed by atoms with van der Waals surface area (Å²) in [6, 6.07) is 59.3. The molecule has 6 nitrogen and oxygen atoms in total. The van der Waals surface area contributed by atoms with Crippen LogP contribution in [0.3, 0.4) is 0 Å². The summed E-state index contributed by atoms with van der Waals surface area (Å²) in [5.41, 5.74) is 10.0. The van der Waals surface area contributed by atoms with Gasteiger partial charge in [0.2, 0.25) is 5.95 Å². The fraction of sp³-hybridized carbons (Fsp3) is 0. The average molecular weight is 811 g/mol. The Kier molecular flexibility index (Phi) is 6.75. The van der Waals surface area contributed by atoms with E-state index in [2.05, 4.69) is 89.5 Å². The molecule has 6 heteroatoms. The molecule has 0 radical (unpaired) electrons. The quantitative estimate of drug-likeness (QED) is 0.168. The van der Waals surface area contributed by atoms with Crippen LogP contribution in [0.1, 0.15) is 6.85 Å². The maximum atomic E-state index is 8.97. The zero-order valence-corrected chi connectivity index (χ0v) is 33.5. The molecular formula is C57H35N5O. The molecule has 0 saturated heterocycles. The molecule has 63 heavy (non-hydrogen) atoms. The van der Waals surface area contributed by atoms with Crippen molar-refractivity contribution in [2.75, 3.05) is 0 Å². The summed E-state index contributed by atoms with van der Waals surface area (Å²) in [5.74, 6) is 1.16. The van der Waals surface area contributed by atoms with E-state index in [1.54, 1.807) is 0 Å². The molecule has 0 aliphatic rings. The molecule has 0 amide bonds. The van der Waals surface area contributed by atoms with E-state index in [0.29, 0.717) is 45.2 Å². The van der Waals surface area contributed by atoms with Crippen LogP contribution in [-0.4, -0.2) is 24.1 Å². The normalized spacial score (nSPS) is 12.9. The van der Waals surface area contributed by atoms with Gasteiger partial charge in [0, 0.05) is 43.6 Å². The van der Waals surface area contributed by atoms with Gasteiger partial charge in [0.25, 0.3) is 0 Å². The Balaban J connectivity index is 1.13. The van der Waals surface area contributed by atoms with Crippen molar-refractivity contribution in [3.8, 4) is 56.7 Å². The van der Waals surface area contributed by atoms with Crippen molar-refractivity contribution >= 4 is 65.6 Å². The van der Waals surface area contributed by atoms with Crippen molar-refractivity contribution in [2.24, 2.45) is 0 Å². The van der Waals surface area contributed by atoms with Crippen LogP contribution in [0.2, 0.25) is 0 Å². The van der Waals surface area contributed by atoms with E-state index in [0.717, 1.165) is 71.4 Å². The van der Waals surface area contributed by atoms with Crippen molar-refractivity contribution in [2.45, 2.75) is 0 Å². The second-order valence-electron chi connectivity index (χ2n) is 15.6. The van der Waals surface area contributed by atoms with Crippen molar-refractivity contribution in [1.82, 2.24) is 24.1 Å². The maximum absolute atomic E-state index is 8.97. The Hall–Kier alpha value is -8.61. The zero-order valence-electron chi connectivity index (χ0n) is 38.5. The van der Waals surface area contributed by atoms with Crippen LogP contribution in [0.25, 0.3) is 122 Å². The van der Waals surface area contributed by atoms with Crippen LogP contribution in [0.15, 0.2) is 217 Å². The molecule has 13 rings (SSSR count). The third-order valence-electron chi connectivity index (χ3n) is 12.1. The minimum Gasteiger partial charge on any atom is -0.455 e. The average Bonchev–Trinajstić information content (AvgIpc) is 4.05. The molecule has 13 aromatic rings. The Morgan fingerprint density at radius 3 is 1.75 bits per heavy atom. The molecule has 4 heterocycles. The Labute approximate surface area is 368 Å². The Morgan fingerprint density at radius 2 is 1.02 bits per heavy atom. The van der Waals surface area contributed by atoms with Gasteiger partial charge in [-0.1, -0.05) is 164 Å². The fourth-order valence-corrected chi connectivity index (χ4v) is 9.30. The third kappa shape index (κ3) is 5.55. The van der Waals surface area contributed by atoms with Gasteiger partial charge < -0.3 is 8.98 Å². The monoisotopic (exact) mass is 810 g/mol. The van der Waals surface area contributed by atoms with E-state index in [-0.39, 0.29) is 17.6 Å². The van der Waals surface area contributed by atoms with E-state index in [9.17, 15) is 0 Å². The molecule has 0 aliphatic heterocycles. The largest absolute Gasteiger partial charge is 0.455 e. The summed E-state index contributed by atoms with van der Waals surface area (Å²) in [6.07, 6.45) is 0. The second kappa shape index (κ2) is 14.0. The number of benzene rings is 9. The number of aromatic nitrogens is 5. The predicted molar refractivity (Wildman–Crippen MR) is 258 cm³/mol. The summed E-state index contributed by atoms with van der Waals surface area (Å²) < 4.78 is 54.5. The van der Waals surface area contributed by atoms with E-state index in [1.165, 1.54) is 0 Å². The van der Waals surface area contributed by atoms with Crippen LogP contribution >= 0.6 is 0 Å². The zero-order chi connectivity index (χ0) is 45.8. The van der Waals surface area contributed by atoms with Gasteiger partial charge in [0.1, 0.15) is 11.2 Å². The lowest BCUT2D eigenvalue weighted by atomic mass is 9.99. The van der Waals surface area contributed by atoms with Gasteiger partial charge in [0.15, 0.2) is 11.6 Å². The van der Waals surface area contributed by atoms with Gasteiger partial charge in [-0.25, -0.2) is 4.98 Å². The fourth-order valence-electron chi connectivity index (χ4n) is 9.30. The maximum Gasteiger partial charge on any atom is 0.238 e. The van der Waals surface area contributed by atoms with Crippen LogP contribution in [0, 0.1) is 0 Å². The molecule has 0 saturated carbocycles. The van der Waals surface area contributed by atoms with E-state index in [4.69, 9.17) is 26.2 Å². The molecule has 0 fully saturated rings. The first-order valence-electron chi connectivity index (χ1n) is 23.3. The van der Waals surface area contributed by atoms with Crippen LogP contribution in [0.4, 0.5) is 0 Å². The highest BCUT2D eigenvalue weighted by Crippen LogP contribution is 2.43. The van der Waals surface area contributed by atoms with E-state index < -0.39 is 18.1 Å². The molecule has 4 aromatic heterocycles. The molecule has 0 spiro atoms. The Bertz CT molecular complexity index is 4140. The van der Waals surface area contributed by atoms with Gasteiger partial charge in [0.05, 0.1) is 34.5 Å². The molecule has 0 N–H and O–H groups in total. The Morgan fingerprint density at radius 1 is 0.397 bits per heavy atom. The molecule has 9 aromatic carbocycles.